The minimum Gasteiger partial charge on any atom is -0.507 e. The van der Waals surface area contributed by atoms with Crippen LogP contribution >= 0.6 is 0 Å². The maximum atomic E-state index is 12.4. The Labute approximate surface area is 433 Å². The molecular formula is C63H62N3OPt-. The molecule has 68 heavy (non-hydrogen) atoms. The third-order valence-corrected chi connectivity index (χ3v) is 12.5. The largest absolute Gasteiger partial charge is 0.507 e. The second-order valence-corrected chi connectivity index (χ2v) is 20.0. The van der Waals surface area contributed by atoms with Crippen LogP contribution in [0.2, 0.25) is 0 Å². The van der Waals surface area contributed by atoms with Crippen molar-refractivity contribution in [2.45, 2.75) is 98.8 Å². The number of nitrogens with zero attached hydrogens (tertiary/aromatic N) is 3. The Morgan fingerprint density at radius 2 is 1.38 bits per heavy atom. The number of para-hydroxylation sites is 1. The van der Waals surface area contributed by atoms with E-state index in [1.807, 2.05) is 112 Å². The molecule has 9 aromatic rings. The molecule has 4 nitrogen and oxygen atoms in total. The third-order valence-electron chi connectivity index (χ3n) is 12.5. The fourth-order valence-corrected chi connectivity index (χ4v) is 8.82. The zero-order chi connectivity index (χ0) is 56.8. The average molecular weight is 1080 g/mol. The molecule has 2 aromatic heterocycles. The fraction of sp³-hybridized carbons (Fsp3) is 0.238. The number of aromatic hydroxyl groups is 1. The van der Waals surface area contributed by atoms with Crippen LogP contribution in [0.3, 0.4) is 0 Å². The van der Waals surface area contributed by atoms with Crippen LogP contribution in [0, 0.1) is 12.9 Å². The molecule has 5 heteroatoms. The molecule has 0 atom stereocenters. The summed E-state index contributed by atoms with van der Waals surface area (Å²) in [5, 5.41) is 12.4. The van der Waals surface area contributed by atoms with Gasteiger partial charge in [0.25, 0.3) is 0 Å². The Hall–Kier alpha value is -6.35. The van der Waals surface area contributed by atoms with Gasteiger partial charge in [-0.2, -0.15) is 0 Å². The molecule has 346 valence electrons. The topological polar surface area (TPSA) is 50.9 Å². The van der Waals surface area contributed by atoms with Crippen LogP contribution in [0.5, 0.6) is 5.75 Å². The van der Waals surface area contributed by atoms with Gasteiger partial charge >= 0.3 is 0 Å². The minimum atomic E-state index is -2.66. The summed E-state index contributed by atoms with van der Waals surface area (Å²) in [6.45, 7) is 18.0. The van der Waals surface area contributed by atoms with E-state index < -0.39 is 60.7 Å². The van der Waals surface area contributed by atoms with Crippen molar-refractivity contribution in [2.24, 2.45) is 0 Å². The van der Waals surface area contributed by atoms with Gasteiger partial charge in [0.05, 0.1) is 33.3 Å². The van der Waals surface area contributed by atoms with Crippen molar-refractivity contribution in [3.63, 3.8) is 0 Å². The van der Waals surface area contributed by atoms with Gasteiger partial charge in [-0.3, -0.25) is 9.55 Å². The van der Waals surface area contributed by atoms with Gasteiger partial charge in [-0.15, -0.1) is 29.3 Å². The molecule has 7 aromatic carbocycles. The summed E-state index contributed by atoms with van der Waals surface area (Å²) in [6.07, 6.45) is -0.567. The Balaban J connectivity index is 0.00000822. The van der Waals surface area contributed by atoms with Crippen molar-refractivity contribution in [3.8, 4) is 78.6 Å². The summed E-state index contributed by atoms with van der Waals surface area (Å²) in [4.78, 5) is 9.87. The summed E-state index contributed by atoms with van der Waals surface area (Å²) in [5.41, 5.74) is 8.46. The molecule has 0 spiro atoms. The summed E-state index contributed by atoms with van der Waals surface area (Å²) in [7, 11) is 0. The number of phenolic OH excluding ortho intramolecular Hbond substituents is 1. The summed E-state index contributed by atoms with van der Waals surface area (Å²) in [5.74, 6) is 0.274. The number of fused-ring (bicyclic) bond motifs is 1. The van der Waals surface area contributed by atoms with Gasteiger partial charge in [0, 0.05) is 37.0 Å². The van der Waals surface area contributed by atoms with E-state index in [4.69, 9.17) is 14.6 Å². The monoisotopic (exact) mass is 1080 g/mol. The first-order valence-corrected chi connectivity index (χ1v) is 22.9. The molecule has 0 aliphatic carbocycles. The predicted molar refractivity (Wildman–Crippen MR) is 282 cm³/mol. The van der Waals surface area contributed by atoms with E-state index in [9.17, 15) is 10.6 Å². The van der Waals surface area contributed by atoms with E-state index in [1.54, 1.807) is 12.1 Å². The number of imidazole rings is 1. The fourth-order valence-electron chi connectivity index (χ4n) is 8.82. The maximum Gasteiger partial charge on any atom is 0.148 e. The Morgan fingerprint density at radius 1 is 0.662 bits per heavy atom. The van der Waals surface area contributed by atoms with Gasteiger partial charge in [-0.05, 0) is 115 Å². The second-order valence-electron chi connectivity index (χ2n) is 20.0. The number of aromatic nitrogens is 3. The van der Waals surface area contributed by atoms with E-state index in [-0.39, 0.29) is 72.0 Å². The van der Waals surface area contributed by atoms with Crippen LogP contribution in [0.15, 0.2) is 158 Å². The van der Waals surface area contributed by atoms with Crippen LogP contribution in [0.25, 0.3) is 83.9 Å². The van der Waals surface area contributed by atoms with Crippen LogP contribution in [0.1, 0.15) is 124 Å². The van der Waals surface area contributed by atoms with E-state index in [1.165, 1.54) is 0 Å². The number of rotatable bonds is 9. The van der Waals surface area contributed by atoms with Crippen molar-refractivity contribution in [3.05, 3.63) is 192 Å². The zero-order valence-corrected chi connectivity index (χ0v) is 42.4. The van der Waals surface area contributed by atoms with E-state index in [0.717, 1.165) is 38.9 Å². The van der Waals surface area contributed by atoms with Crippen molar-refractivity contribution in [1.29, 1.82) is 0 Å². The van der Waals surface area contributed by atoms with Gasteiger partial charge in [-0.25, -0.2) is 4.98 Å². The first kappa shape index (κ1) is 35.7. The average Bonchev–Trinajstić information content (AvgIpc) is 4.08. The van der Waals surface area contributed by atoms with Gasteiger partial charge < -0.3 is 5.11 Å². The van der Waals surface area contributed by atoms with E-state index in [0.29, 0.717) is 44.8 Å². The van der Waals surface area contributed by atoms with E-state index in [2.05, 4.69) is 69.9 Å². The summed E-state index contributed by atoms with van der Waals surface area (Å²) >= 11 is 0. The predicted octanol–water partition coefficient (Wildman–Crippen LogP) is 17.1. The third kappa shape index (κ3) is 9.29. The van der Waals surface area contributed by atoms with Crippen molar-refractivity contribution >= 4 is 11.0 Å². The van der Waals surface area contributed by atoms with Crippen molar-refractivity contribution in [2.75, 3.05) is 0 Å². The molecule has 2 heterocycles. The summed E-state index contributed by atoms with van der Waals surface area (Å²) < 4.78 is 99.4. The Kier molecular flexibility index (Phi) is 9.97. The number of hydrogen-bond acceptors (Lipinski definition) is 3. The van der Waals surface area contributed by atoms with Gasteiger partial charge in [0.15, 0.2) is 0 Å². The van der Waals surface area contributed by atoms with Gasteiger partial charge in [0.2, 0.25) is 0 Å². The SMILES string of the molecule is [2H]c1nc(-c2[c-]c(-c3cccc4c3nc(-c3cc(C(C)C)cc(C(C)C)c3O)n4-c3ccc(-c4c(-c5ccccc5)cccc4C(C)(C)C)cc3C([2H])([2H])[2H])cc(C(C)(C)C)c2)c([2H])c(-c2c([2H])c([2H])c([2H])c([2H])c2[2H])c1[2H].[Pt]. The molecule has 0 aliphatic rings. The molecule has 9 rings (SSSR count). The molecule has 0 radical (unpaired) electrons. The van der Waals surface area contributed by atoms with E-state index >= 15 is 0 Å². The number of aryl methyl sites for hydroxylation is 1. The number of hydrogen-bond donors (Lipinski definition) is 1. The molecular weight excluding hydrogens is 1010 g/mol. The molecule has 0 saturated heterocycles. The standard InChI is InChI=1S/C63H62N3O.Pt/c1-39(2)46-36-52(40(3)4)60(67)53(37-46)61-65-59-51(47-33-48(35-49(34-47)62(6,7)8)55-38-44(30-31-64-55)42-20-14-12-15-21-42)25-19-27-57(59)66(61)56-29-28-45(32-41(56)5)58-50(43-22-16-13-17-23-43)24-18-26-54(58)63(9,10)11;/h12-32,34-40,67H,1-11H3;/q-1;/i5D3,12D,14D,15D,20D,21D,30D,31D,38D;. The van der Waals surface area contributed by atoms with Crippen LogP contribution in [-0.4, -0.2) is 19.6 Å². The molecule has 0 bridgehead atoms. The molecule has 0 aliphatic heterocycles. The Bertz CT molecular complexity index is 3840. The molecule has 0 saturated carbocycles. The van der Waals surface area contributed by atoms with Crippen molar-refractivity contribution < 1.29 is 41.3 Å². The van der Waals surface area contributed by atoms with Crippen LogP contribution in [0.4, 0.5) is 0 Å². The number of pyridine rings is 1. The van der Waals surface area contributed by atoms with Gasteiger partial charge in [0.1, 0.15) is 11.6 Å². The van der Waals surface area contributed by atoms with Crippen LogP contribution < -0.4 is 0 Å². The van der Waals surface area contributed by atoms with Crippen LogP contribution in [-0.2, 0) is 31.9 Å². The zero-order valence-electron chi connectivity index (χ0n) is 51.2. The number of benzene rings is 7. The number of phenols is 1. The molecule has 0 amide bonds. The smallest absolute Gasteiger partial charge is 0.148 e. The summed E-state index contributed by atoms with van der Waals surface area (Å²) in [6, 6.07) is 34.4. The Morgan fingerprint density at radius 3 is 2.07 bits per heavy atom. The first-order chi connectivity index (χ1) is 36.5. The quantitative estimate of drug-likeness (QED) is 0.147. The minimum absolute atomic E-state index is 0. The van der Waals surface area contributed by atoms with Gasteiger partial charge in [-0.1, -0.05) is 189 Å². The van der Waals surface area contributed by atoms with Crippen molar-refractivity contribution in [1.82, 2.24) is 14.5 Å². The molecule has 1 N–H and O–H groups in total. The molecule has 0 unspecified atom stereocenters. The normalized spacial score (nSPS) is 14.4. The maximum absolute atomic E-state index is 12.4. The second kappa shape index (κ2) is 19.0. The molecule has 0 fully saturated rings. The first-order valence-electron chi connectivity index (χ1n) is 28.4.